The summed E-state index contributed by atoms with van der Waals surface area (Å²) >= 11 is 0. The Hall–Kier alpha value is -1.58. The molecular weight excluding hydrogens is 230 g/mol. The summed E-state index contributed by atoms with van der Waals surface area (Å²) in [4.78, 5) is 22.6. The van der Waals surface area contributed by atoms with E-state index in [2.05, 4.69) is 5.32 Å². The summed E-state index contributed by atoms with van der Waals surface area (Å²) in [5.74, 6) is 0.283. The van der Waals surface area contributed by atoms with Crippen LogP contribution in [0.4, 0.5) is 4.79 Å². The molecular formula is C14H21NO3. The molecule has 1 rings (SSSR count). The lowest BCUT2D eigenvalue weighted by Crippen LogP contribution is -2.38. The van der Waals surface area contributed by atoms with E-state index in [1.165, 1.54) is 0 Å². The van der Waals surface area contributed by atoms with Crippen LogP contribution < -0.4 is 5.32 Å². The number of hydrogen-bond donors (Lipinski definition) is 1. The van der Waals surface area contributed by atoms with Crippen LogP contribution in [0.2, 0.25) is 0 Å². The van der Waals surface area contributed by atoms with Gasteiger partial charge in [-0.15, -0.1) is 0 Å². The fourth-order valence-corrected chi connectivity index (χ4v) is 1.88. The minimum atomic E-state index is -0.404. The van der Waals surface area contributed by atoms with Crippen LogP contribution in [0.5, 0.6) is 0 Å². The largest absolute Gasteiger partial charge is 0.445 e. The van der Waals surface area contributed by atoms with Gasteiger partial charge in [-0.3, -0.25) is 4.79 Å². The fourth-order valence-electron chi connectivity index (χ4n) is 1.88. The predicted molar refractivity (Wildman–Crippen MR) is 70.3 cm³/mol. The molecule has 4 nitrogen and oxygen atoms in total. The molecule has 0 aromatic carbocycles. The van der Waals surface area contributed by atoms with Crippen molar-refractivity contribution in [3.05, 3.63) is 23.8 Å². The van der Waals surface area contributed by atoms with Gasteiger partial charge in [-0.1, -0.05) is 18.2 Å². The first-order valence-electron chi connectivity index (χ1n) is 6.38. The molecule has 18 heavy (non-hydrogen) atoms. The Kier molecular flexibility index (Phi) is 6.19. The Morgan fingerprint density at radius 2 is 2.06 bits per heavy atom. The number of rotatable bonds is 4. The van der Waals surface area contributed by atoms with Crippen LogP contribution in [0.1, 0.15) is 39.5 Å². The van der Waals surface area contributed by atoms with Gasteiger partial charge in [0.25, 0.3) is 0 Å². The molecule has 1 amide bonds. The van der Waals surface area contributed by atoms with E-state index in [1.807, 2.05) is 32.1 Å². The van der Waals surface area contributed by atoms with Gasteiger partial charge < -0.3 is 10.1 Å². The van der Waals surface area contributed by atoms with Crippen molar-refractivity contribution in [1.29, 1.82) is 0 Å². The highest BCUT2D eigenvalue weighted by Crippen LogP contribution is 2.14. The molecule has 1 aliphatic carbocycles. The summed E-state index contributed by atoms with van der Waals surface area (Å²) in [5, 5.41) is 2.80. The van der Waals surface area contributed by atoms with Gasteiger partial charge in [-0.05, 0) is 32.3 Å². The number of amides is 1. The highest BCUT2D eigenvalue weighted by molar-refractivity contribution is 5.79. The van der Waals surface area contributed by atoms with Gasteiger partial charge in [0.15, 0.2) is 0 Å². The fraction of sp³-hybridized carbons (Fsp3) is 0.571. The van der Waals surface area contributed by atoms with Crippen LogP contribution in [0.25, 0.3) is 0 Å². The number of Topliss-reactive ketones (excluding diaryl/α,β-unsaturated/α-hetero) is 1. The number of alkyl carbamates (subject to hydrolysis) is 1. The van der Waals surface area contributed by atoms with E-state index in [4.69, 9.17) is 4.74 Å². The van der Waals surface area contributed by atoms with Crippen molar-refractivity contribution in [2.24, 2.45) is 0 Å². The average molecular weight is 251 g/mol. The van der Waals surface area contributed by atoms with E-state index >= 15 is 0 Å². The normalized spacial score (nSPS) is 18.1. The Labute approximate surface area is 108 Å². The molecule has 0 radical (unpaired) electrons. The summed E-state index contributed by atoms with van der Waals surface area (Å²) in [6, 6.07) is 0.0750. The lowest BCUT2D eigenvalue weighted by molar-refractivity contribution is -0.120. The Morgan fingerprint density at radius 1 is 1.39 bits per heavy atom. The molecule has 0 aromatic heterocycles. The smallest absolute Gasteiger partial charge is 0.407 e. The van der Waals surface area contributed by atoms with Crippen LogP contribution in [0, 0.1) is 0 Å². The van der Waals surface area contributed by atoms with Gasteiger partial charge in [-0.25, -0.2) is 4.79 Å². The summed E-state index contributed by atoms with van der Waals surface area (Å²) in [6.45, 7) is 4.10. The van der Waals surface area contributed by atoms with Crippen molar-refractivity contribution in [3.8, 4) is 0 Å². The van der Waals surface area contributed by atoms with Gasteiger partial charge in [0, 0.05) is 18.9 Å². The van der Waals surface area contributed by atoms with Crippen LogP contribution in [0.15, 0.2) is 23.8 Å². The van der Waals surface area contributed by atoms with Gasteiger partial charge in [0.2, 0.25) is 0 Å². The molecule has 1 fully saturated rings. The van der Waals surface area contributed by atoms with Crippen molar-refractivity contribution < 1.29 is 14.3 Å². The zero-order chi connectivity index (χ0) is 13.4. The SMILES string of the molecule is C/C=C\C(=C/C)COC(=O)NC1CCC(=O)CC1. The summed E-state index contributed by atoms with van der Waals surface area (Å²) in [6.07, 6.45) is 7.88. The highest BCUT2D eigenvalue weighted by atomic mass is 16.5. The molecule has 1 N–H and O–H groups in total. The molecule has 0 heterocycles. The van der Waals surface area contributed by atoms with Gasteiger partial charge in [-0.2, -0.15) is 0 Å². The second-order valence-electron chi connectivity index (χ2n) is 4.40. The number of carbonyl (C=O) groups excluding carboxylic acids is 2. The van der Waals surface area contributed by atoms with Crippen LogP contribution in [-0.4, -0.2) is 24.5 Å². The third kappa shape index (κ3) is 5.17. The van der Waals surface area contributed by atoms with E-state index in [0.717, 1.165) is 18.4 Å². The zero-order valence-electron chi connectivity index (χ0n) is 11.1. The molecule has 0 aromatic rings. The lowest BCUT2D eigenvalue weighted by Gasteiger charge is -2.21. The van der Waals surface area contributed by atoms with Crippen molar-refractivity contribution in [2.45, 2.75) is 45.6 Å². The maximum absolute atomic E-state index is 11.5. The number of hydrogen-bond acceptors (Lipinski definition) is 3. The average Bonchev–Trinajstić information content (AvgIpc) is 2.37. The van der Waals surface area contributed by atoms with Crippen LogP contribution >= 0.6 is 0 Å². The van der Waals surface area contributed by atoms with Crippen molar-refractivity contribution >= 4 is 11.9 Å². The van der Waals surface area contributed by atoms with E-state index in [-0.39, 0.29) is 18.4 Å². The summed E-state index contributed by atoms with van der Waals surface area (Å²) in [5.41, 5.74) is 0.964. The summed E-state index contributed by atoms with van der Waals surface area (Å²) < 4.78 is 5.12. The number of ether oxygens (including phenoxy) is 1. The number of nitrogens with one attached hydrogen (secondary N) is 1. The molecule has 4 heteroatoms. The van der Waals surface area contributed by atoms with Gasteiger partial charge in [0.1, 0.15) is 12.4 Å². The van der Waals surface area contributed by atoms with Crippen LogP contribution in [-0.2, 0) is 9.53 Å². The van der Waals surface area contributed by atoms with Crippen LogP contribution in [0.3, 0.4) is 0 Å². The van der Waals surface area contributed by atoms with Gasteiger partial charge >= 0.3 is 6.09 Å². The first-order valence-corrected chi connectivity index (χ1v) is 6.38. The maximum atomic E-state index is 11.5. The minimum absolute atomic E-state index is 0.0750. The van der Waals surface area contributed by atoms with E-state index < -0.39 is 6.09 Å². The molecule has 0 aliphatic heterocycles. The number of allylic oxidation sites excluding steroid dienone is 2. The van der Waals surface area contributed by atoms with Gasteiger partial charge in [0.05, 0.1) is 0 Å². The predicted octanol–water partition coefficient (Wildman–Crippen LogP) is 2.75. The summed E-state index contributed by atoms with van der Waals surface area (Å²) in [7, 11) is 0. The Balaban J connectivity index is 2.27. The molecule has 0 unspecified atom stereocenters. The first-order chi connectivity index (χ1) is 8.65. The highest BCUT2D eigenvalue weighted by Gasteiger charge is 2.20. The zero-order valence-corrected chi connectivity index (χ0v) is 11.1. The number of carbonyl (C=O) groups is 2. The third-order valence-electron chi connectivity index (χ3n) is 2.99. The quantitative estimate of drug-likeness (QED) is 0.782. The first kappa shape index (κ1) is 14.5. The van der Waals surface area contributed by atoms with E-state index in [1.54, 1.807) is 0 Å². The second kappa shape index (κ2) is 7.69. The lowest BCUT2D eigenvalue weighted by atomic mass is 9.95. The minimum Gasteiger partial charge on any atom is -0.445 e. The van der Waals surface area contributed by atoms with Crippen molar-refractivity contribution in [2.75, 3.05) is 6.61 Å². The molecule has 100 valence electrons. The second-order valence-corrected chi connectivity index (χ2v) is 4.40. The number of ketones is 1. The molecule has 0 spiro atoms. The van der Waals surface area contributed by atoms with E-state index in [0.29, 0.717) is 12.8 Å². The molecule has 0 saturated heterocycles. The Bertz CT molecular complexity index is 348. The molecule has 1 aliphatic rings. The molecule has 1 saturated carbocycles. The van der Waals surface area contributed by atoms with E-state index in [9.17, 15) is 9.59 Å². The third-order valence-corrected chi connectivity index (χ3v) is 2.99. The standard InChI is InChI=1S/C14H21NO3/c1-3-5-11(4-2)10-18-14(17)15-12-6-8-13(16)9-7-12/h3-5,12H,6-10H2,1-2H3,(H,15,17)/b5-3-,11-4+. The molecule has 0 atom stereocenters. The van der Waals surface area contributed by atoms with Crippen molar-refractivity contribution in [3.63, 3.8) is 0 Å². The molecule has 0 bridgehead atoms. The monoisotopic (exact) mass is 251 g/mol. The topological polar surface area (TPSA) is 55.4 Å². The Morgan fingerprint density at radius 3 is 2.61 bits per heavy atom. The van der Waals surface area contributed by atoms with Crippen molar-refractivity contribution in [1.82, 2.24) is 5.32 Å². The maximum Gasteiger partial charge on any atom is 0.407 e.